The van der Waals surface area contributed by atoms with Crippen LogP contribution < -0.4 is 0 Å². The normalized spacial score (nSPS) is 12.3. The first kappa shape index (κ1) is 29.9. The van der Waals surface area contributed by atoms with E-state index in [4.69, 9.17) is 9.47 Å². The zero-order chi connectivity index (χ0) is 23.8. The van der Waals surface area contributed by atoms with Gasteiger partial charge < -0.3 is 9.47 Å². The van der Waals surface area contributed by atoms with Crippen LogP contribution in [0.2, 0.25) is 0 Å². The number of hydrogen-bond donors (Lipinski definition) is 0. The highest BCUT2D eigenvalue weighted by atomic mass is 16.6. The van der Waals surface area contributed by atoms with Gasteiger partial charge in [-0.1, -0.05) is 126 Å². The van der Waals surface area contributed by atoms with E-state index in [1.165, 1.54) is 57.8 Å². The molecule has 0 aromatic rings. The summed E-state index contributed by atoms with van der Waals surface area (Å²) < 4.78 is 10.9. The van der Waals surface area contributed by atoms with Crippen molar-refractivity contribution in [2.24, 2.45) is 16.7 Å². The minimum atomic E-state index is -0.798. The van der Waals surface area contributed by atoms with Gasteiger partial charge in [0.15, 0.2) is 5.92 Å². The van der Waals surface area contributed by atoms with Gasteiger partial charge >= 0.3 is 11.9 Å². The largest absolute Gasteiger partial charge is 0.464 e. The van der Waals surface area contributed by atoms with E-state index in [0.717, 1.165) is 19.3 Å². The highest BCUT2D eigenvalue weighted by Crippen LogP contribution is 2.21. The highest BCUT2D eigenvalue weighted by molar-refractivity contribution is 5.94. The second kappa shape index (κ2) is 16.6. The number of carbonyl (C=O) groups excluding carboxylic acids is 2. The Labute approximate surface area is 193 Å². The molecule has 0 aliphatic heterocycles. The Kier molecular flexibility index (Phi) is 16.0. The first-order valence-electron chi connectivity index (χ1n) is 12.8. The summed E-state index contributed by atoms with van der Waals surface area (Å²) >= 11 is 0. The molecule has 0 saturated carbocycles. The van der Waals surface area contributed by atoms with Crippen molar-refractivity contribution in [3.8, 4) is 0 Å². The van der Waals surface area contributed by atoms with Gasteiger partial charge in [0, 0.05) is 0 Å². The van der Waals surface area contributed by atoms with Gasteiger partial charge in [0.25, 0.3) is 0 Å². The predicted molar refractivity (Wildman–Crippen MR) is 130 cm³/mol. The summed E-state index contributed by atoms with van der Waals surface area (Å²) in [5.41, 5.74) is -0.239. The lowest BCUT2D eigenvalue weighted by atomic mass is 9.97. The molecule has 0 rings (SSSR count). The van der Waals surface area contributed by atoms with Crippen LogP contribution in [0.15, 0.2) is 0 Å². The fraction of sp³-hybridized carbons (Fsp3) is 0.926. The number of rotatable bonds is 17. The van der Waals surface area contributed by atoms with Crippen LogP contribution in [0.4, 0.5) is 0 Å². The van der Waals surface area contributed by atoms with Crippen molar-refractivity contribution < 1.29 is 19.1 Å². The topological polar surface area (TPSA) is 52.6 Å². The molecular formula is C27H52O4. The number of esters is 2. The van der Waals surface area contributed by atoms with E-state index in [1.54, 1.807) is 0 Å². The third kappa shape index (κ3) is 19.4. The molecule has 0 bridgehead atoms. The lowest BCUT2D eigenvalue weighted by Gasteiger charge is -2.23. The molecule has 0 atom stereocenters. The minimum Gasteiger partial charge on any atom is -0.464 e. The Morgan fingerprint density at radius 2 is 0.903 bits per heavy atom. The molecule has 0 heterocycles. The van der Waals surface area contributed by atoms with Crippen molar-refractivity contribution in [3.05, 3.63) is 0 Å². The van der Waals surface area contributed by atoms with Crippen LogP contribution in [0.5, 0.6) is 0 Å². The maximum absolute atomic E-state index is 12.6. The van der Waals surface area contributed by atoms with Crippen molar-refractivity contribution in [1.82, 2.24) is 0 Å². The average Bonchev–Trinajstić information content (AvgIpc) is 2.67. The van der Waals surface area contributed by atoms with Gasteiger partial charge in [0.1, 0.15) is 0 Å². The molecule has 0 unspecified atom stereocenters. The standard InChI is InChI=1S/C27H52O4/c1-8-9-10-11-12-13-14-15-16-17-18-19-20-23(24(28)30-21-26(2,3)4)25(29)31-22-27(5,6)7/h23H,8-22H2,1-7H3. The summed E-state index contributed by atoms with van der Waals surface area (Å²) in [6.07, 6.45) is 15.6. The maximum Gasteiger partial charge on any atom is 0.320 e. The highest BCUT2D eigenvalue weighted by Gasteiger charge is 2.31. The number of hydrogen-bond acceptors (Lipinski definition) is 4. The molecule has 0 radical (unpaired) electrons. The molecule has 0 spiro atoms. The Bertz CT molecular complexity index is 441. The van der Waals surface area contributed by atoms with Gasteiger partial charge in [0.05, 0.1) is 13.2 Å². The summed E-state index contributed by atoms with van der Waals surface area (Å²) in [5.74, 6) is -1.67. The molecule has 184 valence electrons. The molecular weight excluding hydrogens is 388 g/mol. The van der Waals surface area contributed by atoms with Gasteiger partial charge in [-0.15, -0.1) is 0 Å². The van der Waals surface area contributed by atoms with Crippen molar-refractivity contribution >= 4 is 11.9 Å². The number of unbranched alkanes of at least 4 members (excludes halogenated alkanes) is 11. The predicted octanol–water partition coefficient (Wildman–Crippen LogP) is 7.87. The van der Waals surface area contributed by atoms with E-state index < -0.39 is 17.9 Å². The van der Waals surface area contributed by atoms with E-state index in [9.17, 15) is 9.59 Å². The monoisotopic (exact) mass is 440 g/mol. The van der Waals surface area contributed by atoms with E-state index in [-0.39, 0.29) is 10.8 Å². The first-order chi connectivity index (χ1) is 14.5. The lowest BCUT2D eigenvalue weighted by Crippen LogP contribution is -2.32. The molecule has 4 heteroatoms. The van der Waals surface area contributed by atoms with Crippen LogP contribution >= 0.6 is 0 Å². The Hall–Kier alpha value is -1.06. The molecule has 0 aromatic carbocycles. The van der Waals surface area contributed by atoms with Gasteiger partial charge in [0.2, 0.25) is 0 Å². The quantitative estimate of drug-likeness (QED) is 0.131. The SMILES string of the molecule is CCCCCCCCCCCCCCC(C(=O)OCC(C)(C)C)C(=O)OCC(C)(C)C. The van der Waals surface area contributed by atoms with Crippen LogP contribution in [-0.4, -0.2) is 25.2 Å². The zero-order valence-electron chi connectivity index (χ0n) is 21.8. The van der Waals surface area contributed by atoms with Crippen molar-refractivity contribution in [2.75, 3.05) is 13.2 Å². The molecule has 0 saturated heterocycles. The number of carbonyl (C=O) groups is 2. The molecule has 0 aliphatic rings. The fourth-order valence-electron chi connectivity index (χ4n) is 3.30. The van der Waals surface area contributed by atoms with Crippen LogP contribution in [0.1, 0.15) is 132 Å². The fourth-order valence-corrected chi connectivity index (χ4v) is 3.30. The van der Waals surface area contributed by atoms with Gasteiger partial charge in [-0.2, -0.15) is 0 Å². The third-order valence-electron chi connectivity index (χ3n) is 5.21. The van der Waals surface area contributed by atoms with E-state index in [1.807, 2.05) is 41.5 Å². The molecule has 0 amide bonds. The minimum absolute atomic E-state index is 0.120. The smallest absolute Gasteiger partial charge is 0.320 e. The Morgan fingerprint density at radius 3 is 1.23 bits per heavy atom. The molecule has 0 aliphatic carbocycles. The third-order valence-corrected chi connectivity index (χ3v) is 5.21. The second-order valence-electron chi connectivity index (χ2n) is 11.6. The number of ether oxygens (including phenoxy) is 2. The first-order valence-corrected chi connectivity index (χ1v) is 12.8. The summed E-state index contributed by atoms with van der Waals surface area (Å²) in [7, 11) is 0. The molecule has 4 nitrogen and oxygen atoms in total. The van der Waals surface area contributed by atoms with Gasteiger partial charge in [-0.25, -0.2) is 0 Å². The molecule has 0 aromatic heterocycles. The van der Waals surface area contributed by atoms with Gasteiger partial charge in [-0.05, 0) is 17.3 Å². The van der Waals surface area contributed by atoms with E-state index >= 15 is 0 Å². The van der Waals surface area contributed by atoms with Gasteiger partial charge in [-0.3, -0.25) is 9.59 Å². The van der Waals surface area contributed by atoms with Crippen LogP contribution in [0.3, 0.4) is 0 Å². The maximum atomic E-state index is 12.6. The van der Waals surface area contributed by atoms with E-state index in [2.05, 4.69) is 6.92 Å². The zero-order valence-corrected chi connectivity index (χ0v) is 21.8. The van der Waals surface area contributed by atoms with Crippen molar-refractivity contribution in [1.29, 1.82) is 0 Å². The van der Waals surface area contributed by atoms with E-state index in [0.29, 0.717) is 19.6 Å². The van der Waals surface area contributed by atoms with Crippen LogP contribution in [0, 0.1) is 16.7 Å². The lowest BCUT2D eigenvalue weighted by molar-refractivity contribution is -0.165. The second-order valence-corrected chi connectivity index (χ2v) is 11.6. The van der Waals surface area contributed by atoms with Crippen LogP contribution in [-0.2, 0) is 19.1 Å². The summed E-state index contributed by atoms with van der Waals surface area (Å²) in [5, 5.41) is 0. The summed E-state index contributed by atoms with van der Waals surface area (Å²) in [6.45, 7) is 15.0. The van der Waals surface area contributed by atoms with Crippen molar-refractivity contribution in [3.63, 3.8) is 0 Å². The van der Waals surface area contributed by atoms with Crippen LogP contribution in [0.25, 0.3) is 0 Å². The molecule has 0 fully saturated rings. The molecule has 31 heavy (non-hydrogen) atoms. The average molecular weight is 441 g/mol. The Morgan fingerprint density at radius 1 is 0.581 bits per heavy atom. The molecule has 0 N–H and O–H groups in total. The summed E-state index contributed by atoms with van der Waals surface area (Å²) in [4.78, 5) is 25.1. The summed E-state index contributed by atoms with van der Waals surface area (Å²) in [6, 6.07) is 0. The van der Waals surface area contributed by atoms with Crippen molar-refractivity contribution in [2.45, 2.75) is 132 Å². The Balaban J connectivity index is 4.21.